The number of halogens is 5. The van der Waals surface area contributed by atoms with Gasteiger partial charge in [-0.1, -0.05) is 34.1 Å². The van der Waals surface area contributed by atoms with Gasteiger partial charge in [0, 0.05) is 10.0 Å². The molecule has 25 heavy (non-hydrogen) atoms. The summed E-state index contributed by atoms with van der Waals surface area (Å²) in [5, 5.41) is 3.74. The molecule has 0 atom stereocenters. The third-order valence-corrected chi connectivity index (χ3v) is 3.33. The van der Waals surface area contributed by atoms with E-state index in [1.165, 1.54) is 18.3 Å². The van der Waals surface area contributed by atoms with Crippen LogP contribution in [0.5, 0.6) is 5.75 Å². The zero-order valence-corrected chi connectivity index (χ0v) is 14.0. The molecule has 9 heteroatoms. The molecule has 0 fully saturated rings. The molecule has 2 aromatic carbocycles. The highest BCUT2D eigenvalue weighted by molar-refractivity contribution is 9.10. The summed E-state index contributed by atoms with van der Waals surface area (Å²) in [5.74, 6) is -1.27. The van der Waals surface area contributed by atoms with Crippen LogP contribution in [0.25, 0.3) is 0 Å². The third-order valence-electron chi connectivity index (χ3n) is 2.83. The molecule has 0 saturated heterocycles. The van der Waals surface area contributed by atoms with Crippen LogP contribution in [0.2, 0.25) is 0 Å². The van der Waals surface area contributed by atoms with E-state index in [0.29, 0.717) is 5.56 Å². The van der Waals surface area contributed by atoms with E-state index in [2.05, 4.69) is 31.2 Å². The highest BCUT2D eigenvalue weighted by atomic mass is 79.9. The molecule has 0 aliphatic carbocycles. The number of hydrogen-bond donors (Lipinski definition) is 1. The lowest BCUT2D eigenvalue weighted by Crippen LogP contribution is -2.33. The minimum Gasteiger partial charge on any atom is -0.428 e. The van der Waals surface area contributed by atoms with Crippen molar-refractivity contribution in [1.82, 2.24) is 5.43 Å². The minimum absolute atomic E-state index is 0.0750. The molecule has 0 aliphatic heterocycles. The van der Waals surface area contributed by atoms with Gasteiger partial charge in [-0.05, 0) is 35.9 Å². The molecule has 132 valence electrons. The van der Waals surface area contributed by atoms with Crippen LogP contribution < -0.4 is 10.2 Å². The first kappa shape index (κ1) is 18.9. The number of hydrazone groups is 1. The maximum Gasteiger partial charge on any atom is 0.461 e. The van der Waals surface area contributed by atoms with Crippen molar-refractivity contribution in [2.75, 3.05) is 0 Å². The Bertz CT molecular complexity index is 784. The zero-order chi connectivity index (χ0) is 18.4. The first-order valence-electron chi connectivity index (χ1n) is 6.82. The van der Waals surface area contributed by atoms with Crippen molar-refractivity contribution in [3.63, 3.8) is 0 Å². The molecular formula is C16H11BrF4N2O2. The van der Waals surface area contributed by atoms with Gasteiger partial charge in [-0.15, -0.1) is 0 Å². The number of carbonyl (C=O) groups excluding carboxylic acids is 1. The van der Waals surface area contributed by atoms with E-state index in [1.807, 2.05) is 6.07 Å². The van der Waals surface area contributed by atoms with Crippen LogP contribution in [0.4, 0.5) is 17.6 Å². The SMILES string of the molecule is O=C(NN=Cc1cccc(Br)c1)c1cccc(OC(F)(F)C(F)F)c1. The Morgan fingerprint density at radius 1 is 1.20 bits per heavy atom. The number of hydrogen-bond acceptors (Lipinski definition) is 3. The second-order valence-corrected chi connectivity index (χ2v) is 5.66. The lowest BCUT2D eigenvalue weighted by Gasteiger charge is -2.16. The second kappa shape index (κ2) is 8.11. The zero-order valence-electron chi connectivity index (χ0n) is 12.4. The van der Waals surface area contributed by atoms with Crippen LogP contribution in [0, 0.1) is 0 Å². The van der Waals surface area contributed by atoms with Crippen molar-refractivity contribution in [3.8, 4) is 5.75 Å². The number of rotatable bonds is 6. The number of nitrogens with one attached hydrogen (secondary N) is 1. The van der Waals surface area contributed by atoms with Crippen LogP contribution in [0.3, 0.4) is 0 Å². The van der Waals surface area contributed by atoms with Gasteiger partial charge in [-0.2, -0.15) is 22.7 Å². The molecule has 0 bridgehead atoms. The molecular weight excluding hydrogens is 408 g/mol. The molecule has 1 N–H and O–H groups in total. The molecule has 4 nitrogen and oxygen atoms in total. The van der Waals surface area contributed by atoms with Gasteiger partial charge in [0.1, 0.15) is 5.75 Å². The summed E-state index contributed by atoms with van der Waals surface area (Å²) < 4.78 is 54.8. The van der Waals surface area contributed by atoms with Crippen LogP contribution >= 0.6 is 15.9 Å². The first-order valence-corrected chi connectivity index (χ1v) is 7.61. The molecule has 2 rings (SSSR count). The summed E-state index contributed by atoms with van der Waals surface area (Å²) in [4.78, 5) is 11.9. The Hall–Kier alpha value is -2.42. The lowest BCUT2D eigenvalue weighted by molar-refractivity contribution is -0.253. The molecule has 1 amide bonds. The average Bonchev–Trinajstić information content (AvgIpc) is 2.54. The van der Waals surface area contributed by atoms with Crippen molar-refractivity contribution >= 4 is 28.1 Å². The van der Waals surface area contributed by atoms with Crippen molar-refractivity contribution in [1.29, 1.82) is 0 Å². The maximum absolute atomic E-state index is 12.9. The lowest BCUT2D eigenvalue weighted by atomic mass is 10.2. The summed E-state index contributed by atoms with van der Waals surface area (Å²) in [6.07, 6.45) is -7.25. The van der Waals surface area contributed by atoms with E-state index in [9.17, 15) is 22.4 Å². The molecule has 2 aromatic rings. The van der Waals surface area contributed by atoms with Crippen LogP contribution in [-0.2, 0) is 0 Å². The van der Waals surface area contributed by atoms with Gasteiger partial charge in [0.15, 0.2) is 0 Å². The Balaban J connectivity index is 2.03. The molecule has 0 spiro atoms. The fraction of sp³-hybridized carbons (Fsp3) is 0.125. The van der Waals surface area contributed by atoms with Gasteiger partial charge >= 0.3 is 12.5 Å². The van der Waals surface area contributed by atoms with Gasteiger partial charge in [-0.25, -0.2) is 5.43 Å². The van der Waals surface area contributed by atoms with Gasteiger partial charge in [-0.3, -0.25) is 4.79 Å². The van der Waals surface area contributed by atoms with E-state index >= 15 is 0 Å². The summed E-state index contributed by atoms with van der Waals surface area (Å²) in [6.45, 7) is 0. The fourth-order valence-corrected chi connectivity index (χ4v) is 2.14. The summed E-state index contributed by atoms with van der Waals surface area (Å²) in [6, 6.07) is 11.6. The predicted molar refractivity (Wildman–Crippen MR) is 87.2 cm³/mol. The van der Waals surface area contributed by atoms with E-state index in [-0.39, 0.29) is 5.56 Å². The Labute approximate surface area is 148 Å². The van der Waals surface area contributed by atoms with Crippen LogP contribution in [-0.4, -0.2) is 24.7 Å². The summed E-state index contributed by atoms with van der Waals surface area (Å²) in [5.41, 5.74) is 2.84. The predicted octanol–water partition coefficient (Wildman–Crippen LogP) is 4.45. The Morgan fingerprint density at radius 2 is 1.92 bits per heavy atom. The van der Waals surface area contributed by atoms with Crippen LogP contribution in [0.1, 0.15) is 15.9 Å². The monoisotopic (exact) mass is 418 g/mol. The number of alkyl halides is 4. The number of amides is 1. The minimum atomic E-state index is -4.64. The number of nitrogens with zero attached hydrogens (tertiary/aromatic N) is 1. The highest BCUT2D eigenvalue weighted by Gasteiger charge is 2.44. The van der Waals surface area contributed by atoms with Gasteiger partial charge < -0.3 is 4.74 Å². The smallest absolute Gasteiger partial charge is 0.428 e. The fourth-order valence-electron chi connectivity index (χ4n) is 1.72. The Morgan fingerprint density at radius 3 is 2.60 bits per heavy atom. The number of ether oxygens (including phenoxy) is 1. The van der Waals surface area contributed by atoms with E-state index in [0.717, 1.165) is 16.6 Å². The quantitative estimate of drug-likeness (QED) is 0.428. The molecule has 0 heterocycles. The first-order chi connectivity index (χ1) is 11.8. The molecule has 0 saturated carbocycles. The molecule has 0 aliphatic rings. The van der Waals surface area contributed by atoms with Crippen molar-refractivity contribution in [3.05, 3.63) is 64.1 Å². The highest BCUT2D eigenvalue weighted by Crippen LogP contribution is 2.27. The normalized spacial score (nSPS) is 11.8. The second-order valence-electron chi connectivity index (χ2n) is 4.75. The Kier molecular flexibility index (Phi) is 6.13. The summed E-state index contributed by atoms with van der Waals surface area (Å²) in [7, 11) is 0. The molecule has 0 aromatic heterocycles. The number of benzene rings is 2. The average molecular weight is 419 g/mol. The van der Waals surface area contributed by atoms with Crippen molar-refractivity contribution in [2.45, 2.75) is 12.5 Å². The summed E-state index contributed by atoms with van der Waals surface area (Å²) >= 11 is 3.28. The topological polar surface area (TPSA) is 50.7 Å². The van der Waals surface area contributed by atoms with E-state index < -0.39 is 24.2 Å². The van der Waals surface area contributed by atoms with E-state index in [1.54, 1.807) is 18.2 Å². The standard InChI is InChI=1S/C16H11BrF4N2O2/c17-12-5-1-3-10(7-12)9-22-23-14(24)11-4-2-6-13(8-11)25-16(20,21)15(18)19/h1-9,15H,(H,23,24). The van der Waals surface area contributed by atoms with Gasteiger partial charge in [0.05, 0.1) is 6.21 Å². The largest absolute Gasteiger partial charge is 0.461 e. The van der Waals surface area contributed by atoms with E-state index in [4.69, 9.17) is 0 Å². The third kappa shape index (κ3) is 5.56. The van der Waals surface area contributed by atoms with Crippen molar-refractivity contribution in [2.24, 2.45) is 5.10 Å². The van der Waals surface area contributed by atoms with Gasteiger partial charge in [0.2, 0.25) is 0 Å². The number of carbonyl (C=O) groups is 1. The maximum atomic E-state index is 12.9. The molecule has 0 radical (unpaired) electrons. The van der Waals surface area contributed by atoms with Crippen molar-refractivity contribution < 1.29 is 27.1 Å². The van der Waals surface area contributed by atoms with Gasteiger partial charge in [0.25, 0.3) is 5.91 Å². The van der Waals surface area contributed by atoms with Crippen LogP contribution in [0.15, 0.2) is 58.1 Å². The molecule has 0 unspecified atom stereocenters.